The van der Waals surface area contributed by atoms with Gasteiger partial charge in [0.25, 0.3) is 0 Å². The number of sulfone groups is 1. The molecule has 0 atom stereocenters. The van der Waals surface area contributed by atoms with E-state index in [4.69, 9.17) is 14.6 Å². The van der Waals surface area contributed by atoms with Crippen molar-refractivity contribution in [3.8, 4) is 11.5 Å². The molecule has 0 unspecified atom stereocenters. The molecule has 0 fully saturated rings. The molecule has 6 nitrogen and oxygen atoms in total. The third-order valence-electron chi connectivity index (χ3n) is 2.29. The maximum absolute atomic E-state index is 11.7. The summed E-state index contributed by atoms with van der Waals surface area (Å²) >= 11 is 0. The number of ether oxygens (including phenoxy) is 2. The van der Waals surface area contributed by atoms with E-state index in [-0.39, 0.29) is 29.4 Å². The Kier molecular flexibility index (Phi) is 2.70. The highest BCUT2D eigenvalue weighted by atomic mass is 32.2. The van der Waals surface area contributed by atoms with Gasteiger partial charge in [-0.15, -0.1) is 0 Å². The van der Waals surface area contributed by atoms with Crippen LogP contribution in [0, 0.1) is 0 Å². The Morgan fingerprint density at radius 2 is 2.12 bits per heavy atom. The van der Waals surface area contributed by atoms with E-state index in [1.54, 1.807) is 0 Å². The summed E-state index contributed by atoms with van der Waals surface area (Å²) in [5.74, 6) is -0.681. The maximum Gasteiger partial charge on any atom is 0.307 e. The molecule has 1 aromatic rings. The van der Waals surface area contributed by atoms with Gasteiger partial charge in [0.15, 0.2) is 21.3 Å². The fourth-order valence-electron chi connectivity index (χ4n) is 1.70. The van der Waals surface area contributed by atoms with Crippen molar-refractivity contribution in [1.82, 2.24) is 0 Å². The van der Waals surface area contributed by atoms with Gasteiger partial charge in [-0.05, 0) is 11.6 Å². The van der Waals surface area contributed by atoms with Crippen molar-refractivity contribution in [3.05, 3.63) is 17.7 Å². The molecule has 17 heavy (non-hydrogen) atoms. The van der Waals surface area contributed by atoms with E-state index in [9.17, 15) is 13.2 Å². The van der Waals surface area contributed by atoms with Gasteiger partial charge < -0.3 is 14.6 Å². The van der Waals surface area contributed by atoms with Gasteiger partial charge in [-0.2, -0.15) is 0 Å². The molecular weight excluding hydrogens is 248 g/mol. The predicted octanol–water partition coefficient (Wildman–Crippen LogP) is 0.446. The quantitative estimate of drug-likeness (QED) is 0.846. The monoisotopic (exact) mass is 258 g/mol. The molecule has 0 saturated carbocycles. The number of fused-ring (bicyclic) bond motifs is 1. The molecule has 0 aliphatic carbocycles. The van der Waals surface area contributed by atoms with Crippen LogP contribution in [0.25, 0.3) is 0 Å². The highest BCUT2D eigenvalue weighted by Crippen LogP contribution is 2.40. The van der Waals surface area contributed by atoms with Gasteiger partial charge >= 0.3 is 5.97 Å². The van der Waals surface area contributed by atoms with Crippen LogP contribution in [0.5, 0.6) is 11.5 Å². The predicted molar refractivity (Wildman–Crippen MR) is 57.0 cm³/mol. The first kappa shape index (κ1) is 11.7. The molecule has 92 valence electrons. The highest BCUT2D eigenvalue weighted by molar-refractivity contribution is 7.90. The van der Waals surface area contributed by atoms with Crippen molar-refractivity contribution in [1.29, 1.82) is 0 Å². The van der Waals surface area contributed by atoms with Crippen LogP contribution in [0.3, 0.4) is 0 Å². The van der Waals surface area contributed by atoms with E-state index in [0.29, 0.717) is 5.75 Å². The first-order valence-corrected chi connectivity index (χ1v) is 6.62. The van der Waals surface area contributed by atoms with Gasteiger partial charge in [0, 0.05) is 6.26 Å². The van der Waals surface area contributed by atoms with E-state index in [2.05, 4.69) is 0 Å². The summed E-state index contributed by atoms with van der Waals surface area (Å²) < 4.78 is 33.5. The average Bonchev–Trinajstić information content (AvgIpc) is 2.61. The first-order chi connectivity index (χ1) is 7.89. The average molecular weight is 258 g/mol. The van der Waals surface area contributed by atoms with E-state index in [0.717, 1.165) is 6.26 Å². The van der Waals surface area contributed by atoms with E-state index < -0.39 is 15.8 Å². The van der Waals surface area contributed by atoms with Crippen LogP contribution in [-0.4, -0.2) is 32.5 Å². The SMILES string of the molecule is CS(=O)(=O)c1c(CC(=O)O)ccc2c1OCO2. The van der Waals surface area contributed by atoms with Crippen molar-refractivity contribution in [2.75, 3.05) is 13.0 Å². The van der Waals surface area contributed by atoms with Gasteiger partial charge in [-0.1, -0.05) is 6.07 Å². The van der Waals surface area contributed by atoms with Crippen LogP contribution in [0.1, 0.15) is 5.56 Å². The van der Waals surface area contributed by atoms with Gasteiger partial charge in [-0.3, -0.25) is 4.79 Å². The minimum Gasteiger partial charge on any atom is -0.481 e. The van der Waals surface area contributed by atoms with Crippen molar-refractivity contribution in [2.45, 2.75) is 11.3 Å². The number of carbonyl (C=O) groups is 1. The molecule has 1 aromatic carbocycles. The van der Waals surface area contributed by atoms with Crippen LogP contribution in [-0.2, 0) is 21.1 Å². The van der Waals surface area contributed by atoms with E-state index in [1.165, 1.54) is 12.1 Å². The molecular formula is C10H10O6S. The Morgan fingerprint density at radius 3 is 2.71 bits per heavy atom. The Labute approximate surface area is 97.7 Å². The second-order valence-corrected chi connectivity index (χ2v) is 5.58. The Balaban J connectivity index is 2.65. The molecule has 0 radical (unpaired) electrons. The molecule has 0 aromatic heterocycles. The molecule has 7 heteroatoms. The van der Waals surface area contributed by atoms with Crippen molar-refractivity contribution in [3.63, 3.8) is 0 Å². The summed E-state index contributed by atoms with van der Waals surface area (Å²) in [4.78, 5) is 10.6. The van der Waals surface area contributed by atoms with E-state index >= 15 is 0 Å². The Morgan fingerprint density at radius 1 is 1.41 bits per heavy atom. The molecule has 1 N–H and O–H groups in total. The van der Waals surface area contributed by atoms with Gasteiger partial charge in [0.1, 0.15) is 4.90 Å². The normalized spacial score (nSPS) is 13.7. The number of carboxylic acids is 1. The summed E-state index contributed by atoms with van der Waals surface area (Å²) in [6.07, 6.45) is 0.634. The molecule has 1 heterocycles. The molecule has 0 amide bonds. The summed E-state index contributed by atoms with van der Waals surface area (Å²) in [5.41, 5.74) is 0.198. The summed E-state index contributed by atoms with van der Waals surface area (Å²) in [6, 6.07) is 2.94. The molecule has 0 bridgehead atoms. The molecule has 0 spiro atoms. The standard InChI is InChI=1S/C10H10O6S/c1-17(13,14)10-6(4-8(11)12)2-3-7-9(10)16-5-15-7/h2-3H,4-5H2,1H3,(H,11,12). The molecule has 0 saturated heterocycles. The number of carboxylic acid groups (broad SMARTS) is 1. The zero-order chi connectivity index (χ0) is 12.6. The van der Waals surface area contributed by atoms with Crippen LogP contribution in [0.4, 0.5) is 0 Å². The molecule has 1 aliphatic heterocycles. The van der Waals surface area contributed by atoms with Crippen LogP contribution >= 0.6 is 0 Å². The lowest BCUT2D eigenvalue weighted by atomic mass is 10.1. The number of benzene rings is 1. The minimum atomic E-state index is -3.57. The van der Waals surface area contributed by atoms with Gasteiger partial charge in [-0.25, -0.2) is 8.42 Å². The third-order valence-corrected chi connectivity index (χ3v) is 3.48. The highest BCUT2D eigenvalue weighted by Gasteiger charge is 2.27. The Hall–Kier alpha value is -1.76. The minimum absolute atomic E-state index is 0.0611. The fourth-order valence-corrected chi connectivity index (χ4v) is 2.81. The zero-order valence-electron chi connectivity index (χ0n) is 8.97. The lowest BCUT2D eigenvalue weighted by molar-refractivity contribution is -0.136. The van der Waals surface area contributed by atoms with Gasteiger partial charge in [0.05, 0.1) is 6.42 Å². The largest absolute Gasteiger partial charge is 0.481 e. The second kappa shape index (κ2) is 3.92. The topological polar surface area (TPSA) is 89.9 Å². The first-order valence-electron chi connectivity index (χ1n) is 4.73. The third kappa shape index (κ3) is 2.19. The smallest absolute Gasteiger partial charge is 0.307 e. The lowest BCUT2D eigenvalue weighted by Gasteiger charge is -2.08. The summed E-state index contributed by atoms with van der Waals surface area (Å²) in [7, 11) is -3.57. The van der Waals surface area contributed by atoms with Crippen molar-refractivity contribution >= 4 is 15.8 Å². The summed E-state index contributed by atoms with van der Waals surface area (Å²) in [6.45, 7) is -0.0611. The molecule has 2 rings (SSSR count). The van der Waals surface area contributed by atoms with Crippen molar-refractivity contribution < 1.29 is 27.8 Å². The second-order valence-electron chi connectivity index (χ2n) is 3.63. The van der Waals surface area contributed by atoms with E-state index in [1.807, 2.05) is 0 Å². The Bertz CT molecular complexity index is 575. The van der Waals surface area contributed by atoms with Crippen LogP contribution in [0.15, 0.2) is 17.0 Å². The van der Waals surface area contributed by atoms with Crippen LogP contribution in [0.2, 0.25) is 0 Å². The number of rotatable bonds is 3. The number of hydrogen-bond acceptors (Lipinski definition) is 5. The number of aliphatic carboxylic acids is 1. The zero-order valence-corrected chi connectivity index (χ0v) is 9.78. The van der Waals surface area contributed by atoms with Crippen LogP contribution < -0.4 is 9.47 Å². The van der Waals surface area contributed by atoms with Crippen molar-refractivity contribution in [2.24, 2.45) is 0 Å². The lowest BCUT2D eigenvalue weighted by Crippen LogP contribution is -2.08. The number of hydrogen-bond donors (Lipinski definition) is 1. The maximum atomic E-state index is 11.7. The fraction of sp³-hybridized carbons (Fsp3) is 0.300. The van der Waals surface area contributed by atoms with Gasteiger partial charge in [0.2, 0.25) is 6.79 Å². The molecule has 1 aliphatic rings. The summed E-state index contributed by atoms with van der Waals surface area (Å²) in [5, 5.41) is 8.74.